The second kappa shape index (κ2) is 8.94. The van der Waals surface area contributed by atoms with Gasteiger partial charge in [0.2, 0.25) is 5.91 Å². The lowest BCUT2D eigenvalue weighted by Crippen LogP contribution is -2.42. The molecular weight excluding hydrogens is 318 g/mol. The number of hydrogen-bond donors (Lipinski definition) is 1. The fourth-order valence-corrected chi connectivity index (χ4v) is 3.19. The second-order valence-corrected chi connectivity index (χ2v) is 7.04. The summed E-state index contributed by atoms with van der Waals surface area (Å²) >= 11 is 0. The highest BCUT2D eigenvalue weighted by molar-refractivity contribution is 5.77. The Kier molecular flexibility index (Phi) is 6.93. The molecule has 0 aliphatic carbocycles. The largest absolute Gasteiger partial charge is 0.481 e. The van der Waals surface area contributed by atoms with Crippen molar-refractivity contribution >= 4 is 11.9 Å². The molecule has 1 aliphatic rings. The first kappa shape index (κ1) is 19.4. The lowest BCUT2D eigenvalue weighted by molar-refractivity contribution is -0.145. The fourth-order valence-electron chi connectivity index (χ4n) is 3.19. The highest BCUT2D eigenvalue weighted by Gasteiger charge is 2.27. The molecular formula is C19H29N3O3. The van der Waals surface area contributed by atoms with Crippen LogP contribution in [0.3, 0.4) is 0 Å². The van der Waals surface area contributed by atoms with E-state index in [1.165, 1.54) is 5.56 Å². The average molecular weight is 347 g/mol. The van der Waals surface area contributed by atoms with Crippen LogP contribution in [0, 0.1) is 12.8 Å². The molecule has 138 valence electrons. The maximum absolute atomic E-state index is 12.4. The van der Waals surface area contributed by atoms with Gasteiger partial charge in [-0.25, -0.2) is 0 Å². The van der Waals surface area contributed by atoms with Gasteiger partial charge >= 0.3 is 5.97 Å². The molecule has 2 rings (SSSR count). The Bertz CT molecular complexity index is 597. The third kappa shape index (κ3) is 5.53. The van der Waals surface area contributed by atoms with Gasteiger partial charge in [-0.3, -0.25) is 14.6 Å². The van der Waals surface area contributed by atoms with Gasteiger partial charge in [0.05, 0.1) is 5.92 Å². The van der Waals surface area contributed by atoms with Gasteiger partial charge < -0.3 is 14.9 Å². The molecule has 2 heterocycles. The summed E-state index contributed by atoms with van der Waals surface area (Å²) < 4.78 is 0. The van der Waals surface area contributed by atoms with Crippen LogP contribution in [0.1, 0.15) is 37.4 Å². The van der Waals surface area contributed by atoms with E-state index >= 15 is 0 Å². The van der Waals surface area contributed by atoms with Gasteiger partial charge in [-0.1, -0.05) is 6.07 Å². The van der Waals surface area contributed by atoms with Gasteiger partial charge in [0, 0.05) is 50.4 Å². The minimum Gasteiger partial charge on any atom is -0.481 e. The summed E-state index contributed by atoms with van der Waals surface area (Å²) in [5, 5.41) is 9.03. The van der Waals surface area contributed by atoms with Crippen LogP contribution in [-0.2, 0) is 16.0 Å². The van der Waals surface area contributed by atoms with Crippen LogP contribution in [-0.4, -0.2) is 64.5 Å². The monoisotopic (exact) mass is 347 g/mol. The van der Waals surface area contributed by atoms with Crippen LogP contribution in [0.4, 0.5) is 0 Å². The summed E-state index contributed by atoms with van der Waals surface area (Å²) in [6, 6.07) is 4.32. The summed E-state index contributed by atoms with van der Waals surface area (Å²) in [5.41, 5.74) is 2.30. The standard InChI is InChI=1S/C19H29N3O3/c1-14-5-4-9-20-17(14)13-15(2)21(3)10-8-18(23)22-11-6-16(7-12-22)19(24)25/h4-5,9,15-16H,6-8,10-13H2,1-3H3,(H,24,25). The first-order valence-electron chi connectivity index (χ1n) is 8.99. The van der Waals surface area contributed by atoms with Crippen molar-refractivity contribution in [2.75, 3.05) is 26.7 Å². The van der Waals surface area contributed by atoms with Crippen molar-refractivity contribution in [3.05, 3.63) is 29.6 Å². The van der Waals surface area contributed by atoms with Crippen molar-refractivity contribution in [3.63, 3.8) is 0 Å². The van der Waals surface area contributed by atoms with E-state index in [1.54, 1.807) is 4.90 Å². The lowest BCUT2D eigenvalue weighted by atomic mass is 9.97. The lowest BCUT2D eigenvalue weighted by Gasteiger charge is -2.31. The number of carboxylic acids is 1. The van der Waals surface area contributed by atoms with Crippen LogP contribution < -0.4 is 0 Å². The molecule has 0 radical (unpaired) electrons. The van der Waals surface area contributed by atoms with Crippen LogP contribution in [0.2, 0.25) is 0 Å². The summed E-state index contributed by atoms with van der Waals surface area (Å²) in [6.45, 7) is 6.03. The summed E-state index contributed by atoms with van der Waals surface area (Å²) in [7, 11) is 2.03. The number of carbonyl (C=O) groups excluding carboxylic acids is 1. The third-order valence-corrected chi connectivity index (χ3v) is 5.23. The molecule has 0 saturated carbocycles. The van der Waals surface area contributed by atoms with Crippen LogP contribution in [0.15, 0.2) is 18.3 Å². The van der Waals surface area contributed by atoms with Gasteiger partial charge in [-0.15, -0.1) is 0 Å². The number of carboxylic acid groups (broad SMARTS) is 1. The van der Waals surface area contributed by atoms with Crippen molar-refractivity contribution < 1.29 is 14.7 Å². The Labute approximate surface area is 149 Å². The maximum atomic E-state index is 12.4. The minimum absolute atomic E-state index is 0.122. The smallest absolute Gasteiger partial charge is 0.306 e. The van der Waals surface area contributed by atoms with E-state index in [-0.39, 0.29) is 11.8 Å². The van der Waals surface area contributed by atoms with E-state index in [2.05, 4.69) is 29.8 Å². The Balaban J connectivity index is 1.75. The molecule has 0 bridgehead atoms. The number of hydrogen-bond acceptors (Lipinski definition) is 4. The molecule has 0 spiro atoms. The van der Waals surface area contributed by atoms with Gasteiger partial charge in [-0.05, 0) is 45.4 Å². The molecule has 6 heteroatoms. The van der Waals surface area contributed by atoms with E-state index in [0.29, 0.717) is 44.9 Å². The summed E-state index contributed by atoms with van der Waals surface area (Å²) in [4.78, 5) is 31.8. The van der Waals surface area contributed by atoms with E-state index in [0.717, 1.165) is 12.1 Å². The molecule has 1 atom stereocenters. The van der Waals surface area contributed by atoms with Crippen LogP contribution in [0.25, 0.3) is 0 Å². The number of amides is 1. The first-order valence-corrected chi connectivity index (χ1v) is 8.99. The molecule has 1 amide bonds. The molecule has 1 unspecified atom stereocenters. The summed E-state index contributed by atoms with van der Waals surface area (Å²) in [6.07, 6.45) is 4.28. The number of likely N-dealkylation sites (N-methyl/N-ethyl adjacent to an activating group) is 1. The van der Waals surface area contributed by atoms with Crippen LogP contribution in [0.5, 0.6) is 0 Å². The molecule has 6 nitrogen and oxygen atoms in total. The Morgan fingerprint density at radius 3 is 2.68 bits per heavy atom. The Morgan fingerprint density at radius 1 is 1.40 bits per heavy atom. The topological polar surface area (TPSA) is 73.7 Å². The number of rotatable bonds is 7. The Hall–Kier alpha value is -1.95. The van der Waals surface area contributed by atoms with Crippen molar-refractivity contribution in [1.29, 1.82) is 0 Å². The van der Waals surface area contributed by atoms with Crippen molar-refractivity contribution in [1.82, 2.24) is 14.8 Å². The van der Waals surface area contributed by atoms with Crippen molar-refractivity contribution in [3.8, 4) is 0 Å². The fraction of sp³-hybridized carbons (Fsp3) is 0.632. The van der Waals surface area contributed by atoms with Gasteiger partial charge in [0.1, 0.15) is 0 Å². The quantitative estimate of drug-likeness (QED) is 0.816. The average Bonchev–Trinajstić information content (AvgIpc) is 2.61. The second-order valence-electron chi connectivity index (χ2n) is 7.04. The Morgan fingerprint density at radius 2 is 2.08 bits per heavy atom. The number of carbonyl (C=O) groups is 2. The van der Waals surface area contributed by atoms with Gasteiger partial charge in [0.15, 0.2) is 0 Å². The number of pyridine rings is 1. The zero-order valence-electron chi connectivity index (χ0n) is 15.4. The maximum Gasteiger partial charge on any atom is 0.306 e. The number of aliphatic carboxylic acids is 1. The van der Waals surface area contributed by atoms with Crippen molar-refractivity contribution in [2.45, 2.75) is 45.6 Å². The molecule has 1 fully saturated rings. The highest BCUT2D eigenvalue weighted by atomic mass is 16.4. The van der Waals surface area contributed by atoms with E-state index in [9.17, 15) is 9.59 Å². The highest BCUT2D eigenvalue weighted by Crippen LogP contribution is 2.18. The molecule has 1 aliphatic heterocycles. The number of nitrogens with zero attached hydrogens (tertiary/aromatic N) is 3. The number of aryl methyl sites for hydroxylation is 1. The number of likely N-dealkylation sites (tertiary alicyclic amines) is 1. The molecule has 25 heavy (non-hydrogen) atoms. The summed E-state index contributed by atoms with van der Waals surface area (Å²) in [5.74, 6) is -0.921. The molecule has 1 aromatic rings. The van der Waals surface area contributed by atoms with Crippen molar-refractivity contribution in [2.24, 2.45) is 5.92 Å². The molecule has 1 aromatic heterocycles. The van der Waals surface area contributed by atoms with E-state index < -0.39 is 5.97 Å². The zero-order valence-corrected chi connectivity index (χ0v) is 15.4. The molecule has 1 N–H and O–H groups in total. The number of piperidine rings is 1. The minimum atomic E-state index is -0.745. The predicted molar refractivity (Wildman–Crippen MR) is 96.3 cm³/mol. The number of aromatic nitrogens is 1. The van der Waals surface area contributed by atoms with E-state index in [1.807, 2.05) is 19.3 Å². The molecule has 0 aromatic carbocycles. The van der Waals surface area contributed by atoms with Gasteiger partial charge in [0.25, 0.3) is 0 Å². The zero-order chi connectivity index (χ0) is 18.4. The normalized spacial score (nSPS) is 16.9. The van der Waals surface area contributed by atoms with E-state index in [4.69, 9.17) is 5.11 Å². The molecule has 1 saturated heterocycles. The van der Waals surface area contributed by atoms with Gasteiger partial charge in [-0.2, -0.15) is 0 Å². The predicted octanol–water partition coefficient (Wildman–Crippen LogP) is 1.97. The van der Waals surface area contributed by atoms with Crippen LogP contribution >= 0.6 is 0 Å². The SMILES string of the molecule is Cc1cccnc1CC(C)N(C)CCC(=O)N1CCC(C(=O)O)CC1. The first-order chi connectivity index (χ1) is 11.9. The third-order valence-electron chi connectivity index (χ3n) is 5.23.